The fourth-order valence-electron chi connectivity index (χ4n) is 7.86. The maximum atomic E-state index is 5.12. The molecule has 0 atom stereocenters. The Kier molecular flexibility index (Phi) is 5.01. The lowest BCUT2D eigenvalue weighted by atomic mass is 9.86. The zero-order valence-electron chi connectivity index (χ0n) is 24.9. The van der Waals surface area contributed by atoms with Crippen molar-refractivity contribution in [3.8, 4) is 16.8 Å². The van der Waals surface area contributed by atoms with Crippen molar-refractivity contribution >= 4 is 75.7 Å². The Balaban J connectivity index is 1.35. The Morgan fingerprint density at radius 1 is 0.467 bits per heavy atom. The van der Waals surface area contributed by atoms with Crippen LogP contribution in [0.2, 0.25) is 0 Å². The van der Waals surface area contributed by atoms with Crippen LogP contribution in [-0.4, -0.2) is 9.55 Å². The second kappa shape index (κ2) is 9.14. The van der Waals surface area contributed by atoms with Crippen molar-refractivity contribution in [1.29, 1.82) is 0 Å². The first-order valence-corrected chi connectivity index (χ1v) is 15.8. The van der Waals surface area contributed by atoms with E-state index in [0.717, 1.165) is 29.0 Å². The number of benzene rings is 8. The maximum absolute atomic E-state index is 5.12. The number of aromatic nitrogens is 2. The first kappa shape index (κ1) is 24.7. The molecule has 45 heavy (non-hydrogen) atoms. The summed E-state index contributed by atoms with van der Waals surface area (Å²) >= 11 is 0. The zero-order chi connectivity index (χ0) is 29.6. The molecular weight excluding hydrogens is 544 g/mol. The van der Waals surface area contributed by atoms with Crippen LogP contribution >= 0.6 is 0 Å². The fourth-order valence-corrected chi connectivity index (χ4v) is 7.86. The summed E-state index contributed by atoms with van der Waals surface area (Å²) in [6, 6.07) is 51.6. The highest BCUT2D eigenvalue weighted by Gasteiger charge is 2.17. The highest BCUT2D eigenvalue weighted by Crippen LogP contribution is 2.44. The Bertz CT molecular complexity index is 2780. The number of hydrogen-bond donors (Lipinski definition) is 0. The minimum absolute atomic E-state index is 0.867. The first-order chi connectivity index (χ1) is 22.3. The summed E-state index contributed by atoms with van der Waals surface area (Å²) in [5, 5.41) is 15.6. The monoisotopic (exact) mass is 572 g/mol. The average molecular weight is 573 g/mol. The normalized spacial score (nSPS) is 12.2. The molecule has 0 N–H and O–H groups in total. The highest BCUT2D eigenvalue weighted by atomic mass is 15.1. The molecule has 0 unspecified atom stereocenters. The molecule has 0 aliphatic heterocycles. The van der Waals surface area contributed by atoms with Gasteiger partial charge in [0.25, 0.3) is 0 Å². The van der Waals surface area contributed by atoms with Gasteiger partial charge in [0.15, 0.2) is 0 Å². The van der Waals surface area contributed by atoms with Gasteiger partial charge in [-0.3, -0.25) is 4.57 Å². The van der Waals surface area contributed by atoms with Crippen molar-refractivity contribution in [2.45, 2.75) is 13.3 Å². The summed E-state index contributed by atoms with van der Waals surface area (Å²) < 4.78 is 2.30. The van der Waals surface area contributed by atoms with Gasteiger partial charge in [-0.2, -0.15) is 0 Å². The molecule has 0 saturated carbocycles. The Morgan fingerprint density at radius 2 is 1.04 bits per heavy atom. The van der Waals surface area contributed by atoms with E-state index in [1.54, 1.807) is 0 Å². The number of nitrogens with zero attached hydrogens (tertiary/aromatic N) is 2. The standard InChI is InChI=1S/C43H28N2/c1-2-39-44-37-25-29(21-22-38(37)45(39)32-12-4-3-5-13-32)31-23-30-20-19-28-10-7-15-34-33-14-6-9-26-17-18-27-11-8-16-35(42(27)40(26)33)36(24-31)43(30)41(28)34/h3-25H,2H2,1H3. The van der Waals surface area contributed by atoms with E-state index >= 15 is 0 Å². The largest absolute Gasteiger partial charge is 0.296 e. The molecule has 0 aliphatic rings. The second-order valence-electron chi connectivity index (χ2n) is 12.2. The lowest BCUT2D eigenvalue weighted by Crippen LogP contribution is -1.99. The summed E-state index contributed by atoms with van der Waals surface area (Å²) in [6.45, 7) is 2.18. The molecule has 10 rings (SSSR count). The SMILES string of the molecule is CCc1nc2cc(-c3cc4ccc5cccc6c7cccc8ccc9cccc(c(c3)c4c56)c9c87)ccc2n1-c1ccccc1. The minimum atomic E-state index is 0.867. The maximum Gasteiger partial charge on any atom is 0.114 e. The molecular formula is C43H28N2. The molecule has 1 aromatic heterocycles. The summed E-state index contributed by atoms with van der Waals surface area (Å²) in [7, 11) is 0. The third kappa shape index (κ3) is 3.42. The van der Waals surface area contributed by atoms with E-state index < -0.39 is 0 Å². The zero-order valence-corrected chi connectivity index (χ0v) is 24.9. The molecule has 0 radical (unpaired) electrons. The van der Waals surface area contributed by atoms with E-state index in [-0.39, 0.29) is 0 Å². The van der Waals surface area contributed by atoms with Gasteiger partial charge in [-0.15, -0.1) is 0 Å². The number of imidazole rings is 1. The van der Waals surface area contributed by atoms with E-state index in [4.69, 9.17) is 4.98 Å². The Morgan fingerprint density at radius 3 is 1.67 bits per heavy atom. The molecule has 0 saturated heterocycles. The predicted octanol–water partition coefficient (Wildman–Crippen LogP) is 11.6. The molecule has 0 fully saturated rings. The van der Waals surface area contributed by atoms with E-state index in [1.807, 2.05) is 0 Å². The van der Waals surface area contributed by atoms with Crippen molar-refractivity contribution in [2.24, 2.45) is 0 Å². The van der Waals surface area contributed by atoms with Gasteiger partial charge >= 0.3 is 0 Å². The molecule has 1 heterocycles. The van der Waals surface area contributed by atoms with Crippen molar-refractivity contribution in [1.82, 2.24) is 9.55 Å². The third-order valence-electron chi connectivity index (χ3n) is 9.81. The van der Waals surface area contributed by atoms with Gasteiger partial charge in [0.2, 0.25) is 0 Å². The van der Waals surface area contributed by atoms with Gasteiger partial charge < -0.3 is 0 Å². The minimum Gasteiger partial charge on any atom is -0.296 e. The summed E-state index contributed by atoms with van der Waals surface area (Å²) in [5.41, 5.74) is 5.71. The van der Waals surface area contributed by atoms with Gasteiger partial charge in [-0.05, 0) is 112 Å². The molecule has 210 valence electrons. The van der Waals surface area contributed by atoms with Gasteiger partial charge in [-0.1, -0.05) is 110 Å². The highest BCUT2D eigenvalue weighted by molar-refractivity contribution is 6.37. The van der Waals surface area contributed by atoms with Crippen LogP contribution in [0.3, 0.4) is 0 Å². The van der Waals surface area contributed by atoms with Crippen molar-refractivity contribution < 1.29 is 0 Å². The summed E-state index contributed by atoms with van der Waals surface area (Å²) in [6.07, 6.45) is 0.867. The van der Waals surface area contributed by atoms with Gasteiger partial charge in [0, 0.05) is 12.1 Å². The molecule has 0 aliphatic carbocycles. The van der Waals surface area contributed by atoms with Crippen LogP contribution in [0.25, 0.3) is 92.5 Å². The molecule has 2 nitrogen and oxygen atoms in total. The number of hydrogen-bond acceptors (Lipinski definition) is 1. The van der Waals surface area contributed by atoms with Gasteiger partial charge in [0.1, 0.15) is 5.82 Å². The summed E-state index contributed by atoms with van der Waals surface area (Å²) in [5.74, 6) is 1.08. The number of aryl methyl sites for hydroxylation is 1. The van der Waals surface area contributed by atoms with Crippen molar-refractivity contribution in [3.05, 3.63) is 145 Å². The van der Waals surface area contributed by atoms with Crippen LogP contribution < -0.4 is 0 Å². The molecule has 9 aromatic carbocycles. The number of rotatable bonds is 3. The topological polar surface area (TPSA) is 17.8 Å². The van der Waals surface area contributed by atoms with E-state index in [2.05, 4.69) is 151 Å². The second-order valence-corrected chi connectivity index (χ2v) is 12.2. The lowest BCUT2D eigenvalue weighted by molar-refractivity contribution is 0.908. The van der Waals surface area contributed by atoms with Crippen LogP contribution in [-0.2, 0) is 6.42 Å². The smallest absolute Gasteiger partial charge is 0.114 e. The average Bonchev–Trinajstić information content (AvgIpc) is 3.48. The molecule has 0 amide bonds. The van der Waals surface area contributed by atoms with Crippen molar-refractivity contribution in [2.75, 3.05) is 0 Å². The fraction of sp³-hybridized carbons (Fsp3) is 0.0465. The van der Waals surface area contributed by atoms with Gasteiger partial charge in [0.05, 0.1) is 11.0 Å². The Hall–Kier alpha value is -5.73. The van der Waals surface area contributed by atoms with Crippen LogP contribution in [0, 0.1) is 0 Å². The number of fused-ring (bicyclic) bond motifs is 3. The van der Waals surface area contributed by atoms with Crippen molar-refractivity contribution in [3.63, 3.8) is 0 Å². The van der Waals surface area contributed by atoms with Crippen LogP contribution in [0.4, 0.5) is 0 Å². The number of para-hydroxylation sites is 1. The molecule has 2 heteroatoms. The van der Waals surface area contributed by atoms with E-state index in [1.165, 1.54) is 75.8 Å². The predicted molar refractivity (Wildman–Crippen MR) is 192 cm³/mol. The quantitative estimate of drug-likeness (QED) is 0.193. The van der Waals surface area contributed by atoms with Gasteiger partial charge in [-0.25, -0.2) is 4.98 Å². The lowest BCUT2D eigenvalue weighted by Gasteiger charge is -2.17. The first-order valence-electron chi connectivity index (χ1n) is 15.8. The van der Waals surface area contributed by atoms with Crippen LogP contribution in [0.15, 0.2) is 140 Å². The van der Waals surface area contributed by atoms with E-state index in [0.29, 0.717) is 0 Å². The molecule has 0 bridgehead atoms. The van der Waals surface area contributed by atoms with Crippen LogP contribution in [0.1, 0.15) is 12.7 Å². The third-order valence-corrected chi connectivity index (χ3v) is 9.81. The Labute approximate surface area is 260 Å². The molecule has 10 aromatic rings. The van der Waals surface area contributed by atoms with Crippen LogP contribution in [0.5, 0.6) is 0 Å². The summed E-state index contributed by atoms with van der Waals surface area (Å²) in [4.78, 5) is 5.12. The van der Waals surface area contributed by atoms with E-state index in [9.17, 15) is 0 Å². The molecule has 0 spiro atoms.